The summed E-state index contributed by atoms with van der Waals surface area (Å²) in [6.07, 6.45) is -0.544. The van der Waals surface area contributed by atoms with Crippen molar-refractivity contribution in [3.8, 4) is 0 Å². The van der Waals surface area contributed by atoms with E-state index < -0.39 is 6.16 Å². The highest BCUT2D eigenvalue weighted by Gasteiger charge is 2.33. The Bertz CT molecular complexity index is 201. The summed E-state index contributed by atoms with van der Waals surface area (Å²) in [5.41, 5.74) is -0.134. The Balaban J connectivity index is 2.44. The summed E-state index contributed by atoms with van der Waals surface area (Å²) < 4.78 is 9.77. The molecular formula is C9H16O3S. The summed E-state index contributed by atoms with van der Waals surface area (Å²) in [5.74, 6) is 0.539. The minimum absolute atomic E-state index is 0.110. The zero-order valence-electron chi connectivity index (χ0n) is 8.49. The van der Waals surface area contributed by atoms with E-state index in [0.29, 0.717) is 12.5 Å². The molecule has 13 heavy (non-hydrogen) atoms. The quantitative estimate of drug-likeness (QED) is 0.662. The Hall–Kier alpha value is -0.380. The highest BCUT2D eigenvalue weighted by Crippen LogP contribution is 2.37. The van der Waals surface area contributed by atoms with Gasteiger partial charge in [0.2, 0.25) is 0 Å². The number of rotatable bonds is 3. The van der Waals surface area contributed by atoms with Gasteiger partial charge in [-0.05, 0) is 5.92 Å². The molecule has 0 N–H and O–H groups in total. The van der Waals surface area contributed by atoms with Gasteiger partial charge in [0, 0.05) is 4.75 Å². The zero-order chi connectivity index (χ0) is 10.1. The van der Waals surface area contributed by atoms with E-state index in [2.05, 4.69) is 27.7 Å². The van der Waals surface area contributed by atoms with Crippen molar-refractivity contribution < 1.29 is 14.3 Å². The van der Waals surface area contributed by atoms with Crippen molar-refractivity contribution >= 4 is 17.9 Å². The van der Waals surface area contributed by atoms with Crippen LogP contribution in [-0.2, 0) is 9.47 Å². The number of ether oxygens (including phenoxy) is 2. The largest absolute Gasteiger partial charge is 0.509 e. The van der Waals surface area contributed by atoms with Gasteiger partial charge in [-0.1, -0.05) is 27.7 Å². The van der Waals surface area contributed by atoms with Crippen molar-refractivity contribution in [3.05, 3.63) is 0 Å². The molecule has 0 radical (unpaired) electrons. The molecule has 1 fully saturated rings. The van der Waals surface area contributed by atoms with Gasteiger partial charge in [0.25, 0.3) is 0 Å². The lowest BCUT2D eigenvalue weighted by atomic mass is 10.00. The summed E-state index contributed by atoms with van der Waals surface area (Å²) in [7, 11) is 0. The molecule has 0 bridgehead atoms. The Morgan fingerprint density at radius 3 is 2.54 bits per heavy atom. The number of carbonyl (C=O) groups is 1. The van der Waals surface area contributed by atoms with Crippen LogP contribution in [0.3, 0.4) is 0 Å². The molecule has 1 heterocycles. The molecule has 1 aliphatic heterocycles. The van der Waals surface area contributed by atoms with E-state index in [1.54, 1.807) is 11.8 Å². The molecule has 1 atom stereocenters. The standard InChI is InChI=1S/C9H16O3S/c1-6(2)9(3,4)13-7-5-11-8(10)12-7/h6-7H,5H2,1-4H3. The van der Waals surface area contributed by atoms with Gasteiger partial charge in [0.15, 0.2) is 5.44 Å². The predicted octanol–water partition coefficient (Wildman–Crippen LogP) is 2.65. The molecule has 3 nitrogen and oxygen atoms in total. The highest BCUT2D eigenvalue weighted by atomic mass is 32.2. The minimum Gasteiger partial charge on any atom is -0.429 e. The third-order valence-electron chi connectivity index (χ3n) is 2.39. The van der Waals surface area contributed by atoms with Gasteiger partial charge < -0.3 is 9.47 Å². The fourth-order valence-electron chi connectivity index (χ4n) is 0.844. The van der Waals surface area contributed by atoms with Crippen molar-refractivity contribution in [2.75, 3.05) is 6.61 Å². The van der Waals surface area contributed by atoms with Crippen LogP contribution in [0.5, 0.6) is 0 Å². The summed E-state index contributed by atoms with van der Waals surface area (Å²) in [6, 6.07) is 0. The summed E-state index contributed by atoms with van der Waals surface area (Å²) in [4.78, 5) is 10.7. The summed E-state index contributed by atoms with van der Waals surface area (Å²) >= 11 is 1.65. The Morgan fingerprint density at radius 2 is 2.15 bits per heavy atom. The second-order valence-electron chi connectivity index (χ2n) is 3.98. The van der Waals surface area contributed by atoms with Crippen LogP contribution in [0.4, 0.5) is 4.79 Å². The number of cyclic esters (lactones) is 2. The summed E-state index contributed by atoms with van der Waals surface area (Å²) in [6.45, 7) is 8.98. The Labute approximate surface area is 83.2 Å². The second-order valence-corrected chi connectivity index (χ2v) is 5.80. The first-order chi connectivity index (χ1) is 5.92. The van der Waals surface area contributed by atoms with Crippen LogP contribution < -0.4 is 0 Å². The molecule has 76 valence electrons. The highest BCUT2D eigenvalue weighted by molar-refractivity contribution is 8.01. The van der Waals surface area contributed by atoms with Gasteiger partial charge in [0.1, 0.15) is 6.61 Å². The fraction of sp³-hybridized carbons (Fsp3) is 0.889. The monoisotopic (exact) mass is 204 g/mol. The van der Waals surface area contributed by atoms with Gasteiger partial charge in [-0.2, -0.15) is 0 Å². The molecule has 0 aromatic rings. The average Bonchev–Trinajstić information content (AvgIpc) is 2.34. The van der Waals surface area contributed by atoms with Crippen LogP contribution in [0.1, 0.15) is 27.7 Å². The van der Waals surface area contributed by atoms with Crippen molar-refractivity contribution in [2.24, 2.45) is 5.92 Å². The maximum Gasteiger partial charge on any atom is 0.509 e. The van der Waals surface area contributed by atoms with Crippen LogP contribution >= 0.6 is 11.8 Å². The zero-order valence-corrected chi connectivity index (χ0v) is 9.31. The third kappa shape index (κ3) is 2.79. The maximum absolute atomic E-state index is 10.7. The molecule has 0 amide bonds. The van der Waals surface area contributed by atoms with Gasteiger partial charge in [-0.15, -0.1) is 11.8 Å². The topological polar surface area (TPSA) is 35.5 Å². The van der Waals surface area contributed by atoms with Gasteiger partial charge >= 0.3 is 6.16 Å². The molecule has 1 unspecified atom stereocenters. The number of carbonyl (C=O) groups excluding carboxylic acids is 1. The molecule has 0 saturated carbocycles. The van der Waals surface area contributed by atoms with Gasteiger partial charge in [0.05, 0.1) is 0 Å². The third-order valence-corrected chi connectivity index (χ3v) is 3.96. The van der Waals surface area contributed by atoms with E-state index in [1.165, 1.54) is 0 Å². The normalized spacial score (nSPS) is 23.2. The number of hydrogen-bond donors (Lipinski definition) is 0. The first-order valence-corrected chi connectivity index (χ1v) is 5.31. The van der Waals surface area contributed by atoms with Crippen LogP contribution in [-0.4, -0.2) is 22.9 Å². The van der Waals surface area contributed by atoms with Crippen LogP contribution in [0.15, 0.2) is 0 Å². The van der Waals surface area contributed by atoms with Crippen molar-refractivity contribution in [2.45, 2.75) is 37.9 Å². The van der Waals surface area contributed by atoms with E-state index in [-0.39, 0.29) is 10.2 Å². The molecule has 0 aromatic heterocycles. The van der Waals surface area contributed by atoms with E-state index >= 15 is 0 Å². The molecule has 1 saturated heterocycles. The van der Waals surface area contributed by atoms with Crippen LogP contribution in [0, 0.1) is 5.92 Å². The van der Waals surface area contributed by atoms with E-state index in [0.717, 1.165) is 0 Å². The minimum atomic E-state index is -0.544. The second kappa shape index (κ2) is 3.78. The SMILES string of the molecule is CC(C)C(C)(C)SC1COC(=O)O1. The molecule has 1 rings (SSSR count). The lowest BCUT2D eigenvalue weighted by molar-refractivity contribution is 0.129. The smallest absolute Gasteiger partial charge is 0.429 e. The molecule has 0 aromatic carbocycles. The van der Waals surface area contributed by atoms with Crippen LogP contribution in [0.25, 0.3) is 0 Å². The van der Waals surface area contributed by atoms with Crippen molar-refractivity contribution in [1.82, 2.24) is 0 Å². The van der Waals surface area contributed by atoms with Crippen molar-refractivity contribution in [1.29, 1.82) is 0 Å². The lowest BCUT2D eigenvalue weighted by Gasteiger charge is -2.29. The fourth-order valence-corrected chi connectivity index (χ4v) is 2.06. The molecule has 1 aliphatic rings. The first-order valence-electron chi connectivity index (χ1n) is 4.43. The van der Waals surface area contributed by atoms with Crippen LogP contribution in [0.2, 0.25) is 0 Å². The van der Waals surface area contributed by atoms with E-state index in [4.69, 9.17) is 9.47 Å². The molecule has 0 aliphatic carbocycles. The summed E-state index contributed by atoms with van der Waals surface area (Å²) in [5, 5.41) is 0. The molecular weight excluding hydrogens is 188 g/mol. The van der Waals surface area contributed by atoms with E-state index in [9.17, 15) is 4.79 Å². The van der Waals surface area contributed by atoms with E-state index in [1.807, 2.05) is 0 Å². The van der Waals surface area contributed by atoms with Gasteiger partial charge in [-0.3, -0.25) is 0 Å². The first kappa shape index (κ1) is 10.7. The van der Waals surface area contributed by atoms with Gasteiger partial charge in [-0.25, -0.2) is 4.79 Å². The molecule has 4 heteroatoms. The Kier molecular flexibility index (Phi) is 3.11. The molecule has 0 spiro atoms. The number of hydrogen-bond acceptors (Lipinski definition) is 4. The average molecular weight is 204 g/mol. The Morgan fingerprint density at radius 1 is 1.54 bits per heavy atom. The maximum atomic E-state index is 10.7. The van der Waals surface area contributed by atoms with Crippen molar-refractivity contribution in [3.63, 3.8) is 0 Å². The predicted molar refractivity (Wildman–Crippen MR) is 52.7 cm³/mol. The lowest BCUT2D eigenvalue weighted by Crippen LogP contribution is -2.27. The number of thioether (sulfide) groups is 1.